The molecular weight excluding hydrogens is 302 g/mol. The molecule has 2 rings (SSSR count). The zero-order chi connectivity index (χ0) is 17.9. The van der Waals surface area contributed by atoms with E-state index in [9.17, 15) is 9.59 Å². The monoisotopic (exact) mass is 327 g/mol. The SMILES string of the molecule is CC[C@@H](Cc1ccc(C)cc1)NC(=O)c1c(C)c(C)nn(C)c1=O. The summed E-state index contributed by atoms with van der Waals surface area (Å²) in [6, 6.07) is 8.26. The smallest absolute Gasteiger partial charge is 0.279 e. The fourth-order valence-corrected chi connectivity index (χ4v) is 2.68. The van der Waals surface area contributed by atoms with Crippen molar-refractivity contribution in [3.63, 3.8) is 0 Å². The molecule has 1 aromatic carbocycles. The molecule has 1 heterocycles. The van der Waals surface area contributed by atoms with E-state index in [1.54, 1.807) is 20.9 Å². The van der Waals surface area contributed by atoms with E-state index >= 15 is 0 Å². The van der Waals surface area contributed by atoms with Crippen LogP contribution in [0.4, 0.5) is 0 Å². The molecule has 0 aliphatic carbocycles. The van der Waals surface area contributed by atoms with Crippen LogP contribution in [0.3, 0.4) is 0 Å². The lowest BCUT2D eigenvalue weighted by Crippen LogP contribution is -2.41. The molecule has 1 aromatic heterocycles. The van der Waals surface area contributed by atoms with Crippen molar-refractivity contribution in [2.24, 2.45) is 7.05 Å². The average molecular weight is 327 g/mol. The fraction of sp³-hybridized carbons (Fsp3) is 0.421. The molecule has 5 heteroatoms. The number of nitrogens with one attached hydrogen (secondary N) is 1. The Balaban J connectivity index is 2.21. The van der Waals surface area contributed by atoms with Gasteiger partial charge in [-0.3, -0.25) is 9.59 Å². The molecule has 0 spiro atoms. The predicted octanol–water partition coefficient (Wildman–Crippen LogP) is 2.46. The van der Waals surface area contributed by atoms with Gasteiger partial charge in [0, 0.05) is 13.1 Å². The van der Waals surface area contributed by atoms with E-state index in [4.69, 9.17) is 0 Å². The normalized spacial score (nSPS) is 12.0. The van der Waals surface area contributed by atoms with Gasteiger partial charge in [0.25, 0.3) is 11.5 Å². The van der Waals surface area contributed by atoms with Crippen LogP contribution in [0.25, 0.3) is 0 Å². The number of carbonyl (C=O) groups excluding carboxylic acids is 1. The second kappa shape index (κ2) is 7.43. The van der Waals surface area contributed by atoms with Crippen molar-refractivity contribution in [1.29, 1.82) is 0 Å². The molecule has 0 bridgehead atoms. The maximum atomic E-state index is 12.7. The molecule has 5 nitrogen and oxygen atoms in total. The van der Waals surface area contributed by atoms with Crippen molar-refractivity contribution in [2.75, 3.05) is 0 Å². The molecule has 0 aliphatic heterocycles. The van der Waals surface area contributed by atoms with Crippen molar-refractivity contribution >= 4 is 5.91 Å². The third-order valence-electron chi connectivity index (χ3n) is 4.38. The van der Waals surface area contributed by atoms with Crippen LogP contribution in [0.15, 0.2) is 29.1 Å². The van der Waals surface area contributed by atoms with Gasteiger partial charge in [0.05, 0.1) is 5.69 Å². The van der Waals surface area contributed by atoms with E-state index < -0.39 is 0 Å². The van der Waals surface area contributed by atoms with Crippen LogP contribution in [-0.4, -0.2) is 21.7 Å². The molecule has 0 saturated heterocycles. The Bertz CT molecular complexity index is 791. The third kappa shape index (κ3) is 3.91. The van der Waals surface area contributed by atoms with E-state index in [2.05, 4.69) is 34.7 Å². The summed E-state index contributed by atoms with van der Waals surface area (Å²) in [6.45, 7) is 7.64. The Morgan fingerprint density at radius 1 is 1.21 bits per heavy atom. The Kier molecular flexibility index (Phi) is 5.54. The zero-order valence-electron chi connectivity index (χ0n) is 15.0. The Hall–Kier alpha value is -2.43. The molecule has 2 aromatic rings. The van der Waals surface area contributed by atoms with Gasteiger partial charge in [-0.2, -0.15) is 5.10 Å². The summed E-state index contributed by atoms with van der Waals surface area (Å²) in [5.74, 6) is -0.322. The highest BCUT2D eigenvalue weighted by molar-refractivity contribution is 5.95. The Morgan fingerprint density at radius 3 is 2.42 bits per heavy atom. The third-order valence-corrected chi connectivity index (χ3v) is 4.38. The lowest BCUT2D eigenvalue weighted by Gasteiger charge is -2.18. The van der Waals surface area contributed by atoms with Gasteiger partial charge in [0.1, 0.15) is 5.56 Å². The molecule has 24 heavy (non-hydrogen) atoms. The first-order valence-corrected chi connectivity index (χ1v) is 8.24. The van der Waals surface area contributed by atoms with Gasteiger partial charge in [0.15, 0.2) is 0 Å². The number of hydrogen-bond donors (Lipinski definition) is 1. The van der Waals surface area contributed by atoms with E-state index in [0.717, 1.165) is 12.8 Å². The topological polar surface area (TPSA) is 64.0 Å². The van der Waals surface area contributed by atoms with Crippen molar-refractivity contribution in [1.82, 2.24) is 15.1 Å². The van der Waals surface area contributed by atoms with Gasteiger partial charge in [-0.05, 0) is 44.7 Å². The number of benzene rings is 1. The average Bonchev–Trinajstić information content (AvgIpc) is 2.54. The summed E-state index contributed by atoms with van der Waals surface area (Å²) in [7, 11) is 1.56. The quantitative estimate of drug-likeness (QED) is 0.917. The second-order valence-electron chi connectivity index (χ2n) is 6.28. The molecule has 0 aliphatic rings. The van der Waals surface area contributed by atoms with Crippen LogP contribution < -0.4 is 10.9 Å². The molecule has 1 atom stereocenters. The minimum absolute atomic E-state index is 0.0159. The number of aromatic nitrogens is 2. The molecule has 1 amide bonds. The summed E-state index contributed by atoms with van der Waals surface area (Å²) < 4.78 is 1.22. The zero-order valence-corrected chi connectivity index (χ0v) is 15.0. The van der Waals surface area contributed by atoms with Crippen LogP contribution in [0.5, 0.6) is 0 Å². The number of nitrogens with zero attached hydrogens (tertiary/aromatic N) is 2. The van der Waals surface area contributed by atoms with Crippen molar-refractivity contribution in [3.05, 3.63) is 62.6 Å². The predicted molar refractivity (Wildman–Crippen MR) is 95.4 cm³/mol. The summed E-state index contributed by atoms with van der Waals surface area (Å²) in [5, 5.41) is 7.12. The molecule has 0 radical (unpaired) electrons. The van der Waals surface area contributed by atoms with Gasteiger partial charge in [-0.1, -0.05) is 36.8 Å². The highest BCUT2D eigenvalue weighted by Crippen LogP contribution is 2.10. The van der Waals surface area contributed by atoms with Crippen LogP contribution in [0.2, 0.25) is 0 Å². The molecule has 128 valence electrons. The van der Waals surface area contributed by atoms with Crippen molar-refractivity contribution in [2.45, 2.75) is 46.6 Å². The van der Waals surface area contributed by atoms with Crippen LogP contribution in [-0.2, 0) is 13.5 Å². The van der Waals surface area contributed by atoms with E-state index in [1.165, 1.54) is 15.8 Å². The molecular formula is C19H25N3O2. The number of aryl methyl sites for hydroxylation is 3. The maximum Gasteiger partial charge on any atom is 0.279 e. The largest absolute Gasteiger partial charge is 0.349 e. The van der Waals surface area contributed by atoms with Crippen LogP contribution in [0.1, 0.15) is 46.1 Å². The standard InChI is InChI=1S/C19H25N3O2/c1-6-16(11-15-9-7-12(2)8-10-15)20-18(23)17-13(3)14(4)21-22(5)19(17)24/h7-10,16H,6,11H2,1-5H3,(H,20,23)/t16-/m0/s1. The van der Waals surface area contributed by atoms with Crippen molar-refractivity contribution in [3.8, 4) is 0 Å². The number of amides is 1. The first kappa shape index (κ1) is 17.9. The second-order valence-corrected chi connectivity index (χ2v) is 6.28. The number of hydrogen-bond acceptors (Lipinski definition) is 3. The minimum Gasteiger partial charge on any atom is -0.349 e. The van der Waals surface area contributed by atoms with Gasteiger partial charge in [-0.25, -0.2) is 4.68 Å². The molecule has 0 fully saturated rings. The van der Waals surface area contributed by atoms with Crippen molar-refractivity contribution < 1.29 is 4.79 Å². The van der Waals surface area contributed by atoms with E-state index in [0.29, 0.717) is 11.3 Å². The van der Waals surface area contributed by atoms with Gasteiger partial charge in [-0.15, -0.1) is 0 Å². The summed E-state index contributed by atoms with van der Waals surface area (Å²) in [5.41, 5.74) is 3.54. The van der Waals surface area contributed by atoms with E-state index in [-0.39, 0.29) is 23.1 Å². The summed E-state index contributed by atoms with van der Waals surface area (Å²) >= 11 is 0. The van der Waals surface area contributed by atoms with Gasteiger partial charge < -0.3 is 5.32 Å². The first-order valence-electron chi connectivity index (χ1n) is 8.24. The van der Waals surface area contributed by atoms with Gasteiger partial charge in [0.2, 0.25) is 0 Å². The first-order chi connectivity index (χ1) is 11.3. The molecule has 1 N–H and O–H groups in total. The Morgan fingerprint density at radius 2 is 1.83 bits per heavy atom. The molecule has 0 saturated carbocycles. The number of carbonyl (C=O) groups is 1. The summed E-state index contributed by atoms with van der Waals surface area (Å²) in [6.07, 6.45) is 1.54. The highest BCUT2D eigenvalue weighted by atomic mass is 16.2. The fourth-order valence-electron chi connectivity index (χ4n) is 2.68. The number of rotatable bonds is 5. The van der Waals surface area contributed by atoms with Crippen LogP contribution in [0, 0.1) is 20.8 Å². The summed E-state index contributed by atoms with van der Waals surface area (Å²) in [4.78, 5) is 24.9. The van der Waals surface area contributed by atoms with Gasteiger partial charge >= 0.3 is 0 Å². The lowest BCUT2D eigenvalue weighted by atomic mass is 10.0. The van der Waals surface area contributed by atoms with Crippen LogP contribution >= 0.6 is 0 Å². The molecule has 0 unspecified atom stereocenters. The Labute approximate surface area is 142 Å². The minimum atomic E-state index is -0.360. The lowest BCUT2D eigenvalue weighted by molar-refractivity contribution is 0.0932. The highest BCUT2D eigenvalue weighted by Gasteiger charge is 2.20. The van der Waals surface area contributed by atoms with E-state index in [1.807, 2.05) is 13.8 Å². The maximum absolute atomic E-state index is 12.7.